The van der Waals surface area contributed by atoms with Gasteiger partial charge in [-0.3, -0.25) is 4.90 Å². The van der Waals surface area contributed by atoms with Crippen LogP contribution in [0, 0.1) is 11.3 Å². The molecule has 0 amide bonds. The van der Waals surface area contributed by atoms with Gasteiger partial charge in [0.25, 0.3) is 0 Å². The lowest BCUT2D eigenvalue weighted by atomic mass is 9.86. The number of anilines is 1. The van der Waals surface area contributed by atoms with Crippen LogP contribution < -0.4 is 4.90 Å². The molecule has 0 fully saturated rings. The number of aryl methyl sites for hydroxylation is 3. The zero-order valence-electron chi connectivity index (χ0n) is 36.7. The molecule has 0 aliphatic carbocycles. The molecule has 60 heavy (non-hydrogen) atoms. The molecular weight excluding hydrogens is 844 g/mol. The van der Waals surface area contributed by atoms with Gasteiger partial charge in [0.2, 0.25) is 0 Å². The molecular formula is C56H61IN2O. The van der Waals surface area contributed by atoms with E-state index in [0.717, 1.165) is 55.5 Å². The van der Waals surface area contributed by atoms with Crippen molar-refractivity contribution >= 4 is 58.1 Å². The molecule has 1 aliphatic heterocycles. The number of hydrogen-bond acceptors (Lipinski definition) is 3. The van der Waals surface area contributed by atoms with Crippen LogP contribution in [0.2, 0.25) is 0 Å². The van der Waals surface area contributed by atoms with Gasteiger partial charge >= 0.3 is 0 Å². The van der Waals surface area contributed by atoms with Gasteiger partial charge in [-0.1, -0.05) is 158 Å². The maximum absolute atomic E-state index is 6.11. The molecule has 1 aromatic heterocycles. The molecule has 6 aromatic carbocycles. The van der Waals surface area contributed by atoms with E-state index in [4.69, 9.17) is 7.62 Å². The van der Waals surface area contributed by atoms with Crippen LogP contribution in [0.25, 0.3) is 21.9 Å². The Labute approximate surface area is 369 Å². The zero-order valence-corrected chi connectivity index (χ0v) is 38.9. The molecule has 4 heteroatoms. The fraction of sp³-hybridized carbons (Fsp3) is 0.321. The van der Waals surface area contributed by atoms with Crippen molar-refractivity contribution in [1.29, 1.82) is 0 Å². The Morgan fingerprint density at radius 2 is 1.17 bits per heavy atom. The molecule has 8 rings (SSSR count). The largest absolute Gasteiger partial charge is 0.456 e. The van der Waals surface area contributed by atoms with Crippen molar-refractivity contribution in [2.45, 2.75) is 105 Å². The summed E-state index contributed by atoms with van der Waals surface area (Å²) in [6.45, 7) is 16.3. The van der Waals surface area contributed by atoms with Crippen LogP contribution in [0.3, 0.4) is 0 Å². The third kappa shape index (κ3) is 10.2. The molecule has 0 spiro atoms. The summed E-state index contributed by atoms with van der Waals surface area (Å²) in [6.07, 6.45) is 9.05. The standard InChI is InChI=1S/C56H61IN2O/c1-39(33-43-24-31-52-50(38-43)49-20-11-12-21-51(49)60-52)34-44-36-41(35-42(37-44)17-14-32-55(2,3)4)16-13-15-40-22-25-45(26-23-40)53-57-58-54(59(53)48-18-9-8-10-19-48)46-27-29-47(30-28-46)56(5,6)7/h8-12,18-31,35-39H,13-17,32-34H2,1-7H3/t39-/m1/s1. The van der Waals surface area contributed by atoms with Gasteiger partial charge in [-0.2, -0.15) is 0 Å². The van der Waals surface area contributed by atoms with E-state index in [1.54, 1.807) is 0 Å². The highest BCUT2D eigenvalue weighted by atomic mass is 127. The van der Waals surface area contributed by atoms with Gasteiger partial charge in [-0.15, -0.1) is 0 Å². The van der Waals surface area contributed by atoms with Crippen LogP contribution in [0.4, 0.5) is 5.69 Å². The second-order valence-electron chi connectivity index (χ2n) is 19.3. The molecule has 0 saturated carbocycles. The first-order valence-electron chi connectivity index (χ1n) is 22.0. The topological polar surface area (TPSA) is 28.7 Å². The minimum absolute atomic E-state index is 0.119. The molecule has 0 saturated heterocycles. The van der Waals surface area contributed by atoms with Crippen molar-refractivity contribution in [3.8, 4) is 0 Å². The molecule has 0 N–H and O–H groups in total. The molecule has 0 bridgehead atoms. The Morgan fingerprint density at radius 1 is 0.567 bits per heavy atom. The predicted octanol–water partition coefficient (Wildman–Crippen LogP) is 15.2. The smallest absolute Gasteiger partial charge is 0.151 e. The number of halogens is 1. The number of amidine groups is 1. The van der Waals surface area contributed by atoms with Crippen molar-refractivity contribution in [3.05, 3.63) is 184 Å². The molecule has 2 heterocycles. The van der Waals surface area contributed by atoms with Crippen LogP contribution in [0.1, 0.15) is 112 Å². The lowest BCUT2D eigenvalue weighted by Gasteiger charge is -2.25. The first-order chi connectivity index (χ1) is 28.9. The van der Waals surface area contributed by atoms with E-state index in [-0.39, 0.29) is 5.41 Å². The summed E-state index contributed by atoms with van der Waals surface area (Å²) in [6, 6.07) is 51.8. The van der Waals surface area contributed by atoms with Gasteiger partial charge in [0.15, 0.2) is 5.84 Å². The molecule has 1 aliphatic rings. The fourth-order valence-electron chi connectivity index (χ4n) is 8.69. The number of benzene rings is 6. The highest BCUT2D eigenvalue weighted by molar-refractivity contribution is 14.2. The second kappa shape index (κ2) is 18.0. The lowest BCUT2D eigenvalue weighted by molar-refractivity contribution is 0.365. The van der Waals surface area contributed by atoms with Gasteiger partial charge in [0, 0.05) is 27.6 Å². The van der Waals surface area contributed by atoms with E-state index < -0.39 is 21.0 Å². The van der Waals surface area contributed by atoms with E-state index in [1.807, 2.05) is 6.07 Å². The molecule has 308 valence electrons. The normalized spacial score (nSPS) is 14.0. The lowest BCUT2D eigenvalue weighted by Crippen LogP contribution is -2.34. The quantitative estimate of drug-likeness (QED) is 0.102. The maximum atomic E-state index is 6.11. The molecule has 0 unspecified atom stereocenters. The highest BCUT2D eigenvalue weighted by Gasteiger charge is 2.27. The third-order valence-corrected chi connectivity index (χ3v) is 14.1. The summed E-state index contributed by atoms with van der Waals surface area (Å²) in [4.78, 5) is 2.40. The van der Waals surface area contributed by atoms with Gasteiger partial charge < -0.3 is 4.42 Å². The molecule has 1 atom stereocenters. The first-order valence-corrected chi connectivity index (χ1v) is 24.1. The Morgan fingerprint density at radius 3 is 1.88 bits per heavy atom. The summed E-state index contributed by atoms with van der Waals surface area (Å²) < 4.78 is 12.7. The number of nitrogens with zero attached hydrogens (tertiary/aromatic N) is 2. The van der Waals surface area contributed by atoms with Crippen LogP contribution in [0.15, 0.2) is 147 Å². The van der Waals surface area contributed by atoms with Crippen LogP contribution >= 0.6 is 21.0 Å². The summed E-state index contributed by atoms with van der Waals surface area (Å²) in [7, 11) is 0. The van der Waals surface area contributed by atoms with Crippen LogP contribution in [-0.2, 0) is 37.5 Å². The van der Waals surface area contributed by atoms with Crippen molar-refractivity contribution < 1.29 is 4.42 Å². The van der Waals surface area contributed by atoms with E-state index in [0.29, 0.717) is 11.3 Å². The minimum Gasteiger partial charge on any atom is -0.456 e. The van der Waals surface area contributed by atoms with Gasteiger partial charge in [0.05, 0.1) is 21.0 Å². The Bertz CT molecular complexity index is 2620. The Hall–Kier alpha value is -4.81. The Kier molecular flexibility index (Phi) is 12.6. The zero-order chi connectivity index (χ0) is 41.9. The number of hydrogen-bond donors (Lipinski definition) is 0. The van der Waals surface area contributed by atoms with E-state index >= 15 is 0 Å². The van der Waals surface area contributed by atoms with E-state index in [1.165, 1.54) is 77.4 Å². The average Bonchev–Trinajstić information content (AvgIpc) is 3.83. The SMILES string of the molecule is C[C@@H](Cc1cc(CCCc2ccc(C3=IN=C(c4ccc(C(C)(C)C)cc4)N3c3ccccc3)cc2)cc(CCCC(C)(C)C)c1)Cc1ccc2oc3ccccc3c2c1. The summed E-state index contributed by atoms with van der Waals surface area (Å²) in [5.41, 5.74) is 14.6. The van der Waals surface area contributed by atoms with Gasteiger partial charge in [0.1, 0.15) is 14.8 Å². The molecule has 7 aromatic rings. The van der Waals surface area contributed by atoms with Gasteiger partial charge in [-0.25, -0.2) is 3.21 Å². The summed E-state index contributed by atoms with van der Waals surface area (Å²) in [5.74, 6) is 1.60. The van der Waals surface area contributed by atoms with Crippen molar-refractivity contribution in [2.24, 2.45) is 14.5 Å². The van der Waals surface area contributed by atoms with Crippen molar-refractivity contribution in [1.82, 2.24) is 0 Å². The maximum Gasteiger partial charge on any atom is 0.151 e. The van der Waals surface area contributed by atoms with Crippen LogP contribution in [-0.4, -0.2) is 9.47 Å². The van der Waals surface area contributed by atoms with Crippen LogP contribution in [0.5, 0.6) is 0 Å². The summed E-state index contributed by atoms with van der Waals surface area (Å²) in [5, 5.41) is 2.43. The van der Waals surface area contributed by atoms with Crippen molar-refractivity contribution in [3.63, 3.8) is 0 Å². The third-order valence-electron chi connectivity index (χ3n) is 11.9. The summed E-state index contributed by atoms with van der Waals surface area (Å²) >= 11 is -0.543. The fourth-order valence-corrected chi connectivity index (χ4v) is 11.0. The second-order valence-corrected chi connectivity index (χ2v) is 21.3. The van der Waals surface area contributed by atoms with E-state index in [2.05, 4.69) is 187 Å². The first kappa shape index (κ1) is 41.9. The number of fused-ring (bicyclic) bond motifs is 3. The number of furan rings is 1. The van der Waals surface area contributed by atoms with E-state index in [9.17, 15) is 0 Å². The molecule has 0 radical (unpaired) electrons. The highest BCUT2D eigenvalue weighted by Crippen LogP contribution is 2.34. The monoisotopic (exact) mass is 904 g/mol. The number of para-hydroxylation sites is 2. The average molecular weight is 905 g/mol. The van der Waals surface area contributed by atoms with Gasteiger partial charge in [-0.05, 0) is 132 Å². The predicted molar refractivity (Wildman–Crippen MR) is 266 cm³/mol. The Balaban J connectivity index is 0.936. The van der Waals surface area contributed by atoms with Crippen molar-refractivity contribution in [2.75, 3.05) is 4.90 Å². The number of rotatable bonds is 14. The molecule has 3 nitrogen and oxygen atoms in total. The minimum atomic E-state index is -0.543.